The second-order valence-corrected chi connectivity index (χ2v) is 11.5. The highest BCUT2D eigenvalue weighted by Gasteiger charge is 2.46. The Morgan fingerprint density at radius 3 is 2.56 bits per heavy atom. The number of amides is 1. The van der Waals surface area contributed by atoms with Crippen LogP contribution in [0.4, 0.5) is 10.1 Å². The van der Waals surface area contributed by atoms with Crippen LogP contribution >= 0.6 is 0 Å². The molecule has 0 aromatic heterocycles. The predicted octanol–water partition coefficient (Wildman–Crippen LogP) is 3.46. The Hall–Kier alpha value is -2.69. The van der Waals surface area contributed by atoms with Gasteiger partial charge in [-0.1, -0.05) is 19.3 Å². The number of hydrogen-bond acceptors (Lipinski definition) is 6. The summed E-state index contributed by atoms with van der Waals surface area (Å²) in [6, 6.07) is 9.82. The molecule has 0 bridgehead atoms. The second-order valence-electron chi connectivity index (χ2n) is 9.82. The molecule has 1 saturated heterocycles. The largest absolute Gasteiger partial charge is 0.487 e. The van der Waals surface area contributed by atoms with E-state index in [1.807, 2.05) is 0 Å². The molecule has 0 radical (unpaired) electrons. The molecule has 3 N–H and O–H groups in total. The lowest BCUT2D eigenvalue weighted by atomic mass is 9.84. The molecule has 2 heterocycles. The van der Waals surface area contributed by atoms with Crippen molar-refractivity contribution in [1.82, 2.24) is 5.32 Å². The molecule has 2 fully saturated rings. The quantitative estimate of drug-likeness (QED) is 0.517. The van der Waals surface area contributed by atoms with Crippen LogP contribution in [0.25, 0.3) is 0 Å². The van der Waals surface area contributed by atoms with E-state index < -0.39 is 28.0 Å². The number of aliphatic hydroxyl groups excluding tert-OH is 1. The molecule has 36 heavy (non-hydrogen) atoms. The zero-order chi connectivity index (χ0) is 25.3. The second kappa shape index (κ2) is 10.4. The van der Waals surface area contributed by atoms with Crippen molar-refractivity contribution in [2.75, 3.05) is 11.3 Å². The van der Waals surface area contributed by atoms with Crippen molar-refractivity contribution in [3.63, 3.8) is 0 Å². The number of anilines is 1. The third kappa shape index (κ3) is 5.35. The van der Waals surface area contributed by atoms with Gasteiger partial charge in [0.25, 0.3) is 10.0 Å². The molecular weight excluding hydrogens is 487 g/mol. The van der Waals surface area contributed by atoms with Crippen molar-refractivity contribution in [1.29, 1.82) is 0 Å². The van der Waals surface area contributed by atoms with Gasteiger partial charge in [-0.05, 0) is 61.7 Å². The van der Waals surface area contributed by atoms with Crippen molar-refractivity contribution in [3.8, 4) is 5.75 Å². The minimum absolute atomic E-state index is 0.0472. The maximum absolute atomic E-state index is 13.2. The maximum atomic E-state index is 13.2. The summed E-state index contributed by atoms with van der Waals surface area (Å²) in [5.74, 6) is -0.130. The number of rotatable bonds is 7. The first-order chi connectivity index (χ1) is 17.3. The van der Waals surface area contributed by atoms with Crippen LogP contribution in [-0.2, 0) is 19.6 Å². The van der Waals surface area contributed by atoms with Crippen molar-refractivity contribution < 1.29 is 32.2 Å². The summed E-state index contributed by atoms with van der Waals surface area (Å²) in [5.41, 5.74) is 1.15. The van der Waals surface area contributed by atoms with Gasteiger partial charge in [-0.3, -0.25) is 9.52 Å². The van der Waals surface area contributed by atoms with Crippen molar-refractivity contribution in [2.45, 2.75) is 80.1 Å². The van der Waals surface area contributed by atoms with Gasteiger partial charge >= 0.3 is 0 Å². The fourth-order valence-corrected chi connectivity index (χ4v) is 6.57. The highest BCUT2D eigenvalue weighted by atomic mass is 32.2. The van der Waals surface area contributed by atoms with Crippen LogP contribution in [0, 0.1) is 5.82 Å². The van der Waals surface area contributed by atoms with E-state index in [0.717, 1.165) is 43.4 Å². The molecule has 1 amide bonds. The summed E-state index contributed by atoms with van der Waals surface area (Å²) < 4.78 is 53.4. The Kier molecular flexibility index (Phi) is 7.18. The molecule has 2 aliphatic heterocycles. The van der Waals surface area contributed by atoms with Crippen LogP contribution in [0.2, 0.25) is 0 Å². The number of benzene rings is 2. The zero-order valence-corrected chi connectivity index (χ0v) is 20.7. The standard InChI is InChI=1S/C26H31FN2O6S/c27-16-6-9-20(10-7-16)36(32,33)29-18-8-11-23-21(12-18)22-13-19(34-24(15-30)26(22)35-23)14-25(31)28-17-4-2-1-3-5-17/h6-12,17,19,22,24,26,29-30H,1-5,13-15H2,(H,28,31)/t19-,22-,24-,26+/m1/s1. The van der Waals surface area contributed by atoms with Gasteiger partial charge in [0.1, 0.15) is 23.8 Å². The van der Waals surface area contributed by atoms with Crippen LogP contribution in [0.5, 0.6) is 5.75 Å². The van der Waals surface area contributed by atoms with Crippen LogP contribution in [-0.4, -0.2) is 50.4 Å². The molecule has 2 aromatic rings. The van der Waals surface area contributed by atoms with Crippen LogP contribution < -0.4 is 14.8 Å². The SMILES string of the molecule is O=C(C[C@H]1C[C@@H]2c3cc(NS(=O)(=O)c4ccc(F)cc4)ccc3O[C@@H]2[C@@H](CO)O1)NC1CCCCC1. The van der Waals surface area contributed by atoms with Gasteiger partial charge in [-0.2, -0.15) is 0 Å². The maximum Gasteiger partial charge on any atom is 0.261 e. The molecule has 1 saturated carbocycles. The number of nitrogens with one attached hydrogen (secondary N) is 2. The third-order valence-electron chi connectivity index (χ3n) is 7.26. The number of ether oxygens (including phenoxy) is 2. The van der Waals surface area contributed by atoms with E-state index in [-0.39, 0.29) is 41.9 Å². The summed E-state index contributed by atoms with van der Waals surface area (Å²) in [6.07, 6.45) is 4.77. The molecule has 10 heteroatoms. The lowest BCUT2D eigenvalue weighted by molar-refractivity contribution is -0.142. The molecule has 1 aliphatic carbocycles. The summed E-state index contributed by atoms with van der Waals surface area (Å²) in [7, 11) is -3.91. The molecule has 3 aliphatic rings. The predicted molar refractivity (Wildman–Crippen MR) is 131 cm³/mol. The molecule has 2 aromatic carbocycles. The number of hydrogen-bond donors (Lipinski definition) is 3. The molecule has 194 valence electrons. The molecule has 5 rings (SSSR count). The average molecular weight is 519 g/mol. The lowest BCUT2D eigenvalue weighted by Crippen LogP contribution is -2.48. The van der Waals surface area contributed by atoms with E-state index in [4.69, 9.17) is 9.47 Å². The van der Waals surface area contributed by atoms with Gasteiger partial charge < -0.3 is 19.9 Å². The highest BCUT2D eigenvalue weighted by molar-refractivity contribution is 7.92. The van der Waals surface area contributed by atoms with E-state index in [0.29, 0.717) is 17.9 Å². The number of aliphatic hydroxyl groups is 1. The van der Waals surface area contributed by atoms with Crippen LogP contribution in [0.3, 0.4) is 0 Å². The minimum atomic E-state index is -3.91. The van der Waals surface area contributed by atoms with Gasteiger partial charge in [0.2, 0.25) is 5.91 Å². The van der Waals surface area contributed by atoms with E-state index in [9.17, 15) is 22.7 Å². The van der Waals surface area contributed by atoms with Crippen molar-refractivity contribution in [3.05, 3.63) is 53.8 Å². The summed E-state index contributed by atoms with van der Waals surface area (Å²) in [5, 5.41) is 13.1. The van der Waals surface area contributed by atoms with Gasteiger partial charge in [0, 0.05) is 23.2 Å². The fraction of sp³-hybridized carbons (Fsp3) is 0.500. The topological polar surface area (TPSA) is 114 Å². The minimum Gasteiger partial charge on any atom is -0.487 e. The lowest BCUT2D eigenvalue weighted by Gasteiger charge is -2.37. The average Bonchev–Trinajstić information content (AvgIpc) is 3.22. The molecule has 0 spiro atoms. The fourth-order valence-electron chi connectivity index (χ4n) is 5.52. The van der Waals surface area contributed by atoms with Gasteiger partial charge in [0.15, 0.2) is 0 Å². The molecule has 4 atom stereocenters. The van der Waals surface area contributed by atoms with Crippen molar-refractivity contribution in [2.24, 2.45) is 0 Å². The summed E-state index contributed by atoms with van der Waals surface area (Å²) in [4.78, 5) is 12.6. The number of halogens is 1. The Morgan fingerprint density at radius 2 is 1.83 bits per heavy atom. The van der Waals surface area contributed by atoms with Crippen LogP contribution in [0.1, 0.15) is 56.4 Å². The first kappa shape index (κ1) is 25.0. The van der Waals surface area contributed by atoms with E-state index in [1.165, 1.54) is 18.6 Å². The number of carbonyl (C=O) groups is 1. The van der Waals surface area contributed by atoms with Crippen LogP contribution in [0.15, 0.2) is 47.4 Å². The normalized spacial score (nSPS) is 25.9. The van der Waals surface area contributed by atoms with Crippen molar-refractivity contribution >= 4 is 21.6 Å². The van der Waals surface area contributed by atoms with E-state index in [2.05, 4.69) is 10.0 Å². The Labute approximate surface area is 210 Å². The number of carbonyl (C=O) groups excluding carboxylic acids is 1. The highest BCUT2D eigenvalue weighted by Crippen LogP contribution is 2.47. The molecule has 0 unspecified atom stereocenters. The van der Waals surface area contributed by atoms with E-state index >= 15 is 0 Å². The van der Waals surface area contributed by atoms with Gasteiger partial charge in [0.05, 0.1) is 24.0 Å². The zero-order valence-electron chi connectivity index (χ0n) is 19.9. The Bertz CT molecular complexity index is 1200. The molecular formula is C26H31FN2O6S. The summed E-state index contributed by atoms with van der Waals surface area (Å²) >= 11 is 0. The first-order valence-corrected chi connectivity index (χ1v) is 14.0. The Balaban J connectivity index is 1.30. The molecule has 8 nitrogen and oxygen atoms in total. The number of sulfonamides is 1. The number of fused-ring (bicyclic) bond motifs is 3. The van der Waals surface area contributed by atoms with Gasteiger partial charge in [-0.25, -0.2) is 12.8 Å². The van der Waals surface area contributed by atoms with Gasteiger partial charge in [-0.15, -0.1) is 0 Å². The monoisotopic (exact) mass is 518 g/mol. The Morgan fingerprint density at radius 1 is 1.08 bits per heavy atom. The smallest absolute Gasteiger partial charge is 0.261 e. The summed E-state index contributed by atoms with van der Waals surface area (Å²) in [6.45, 7) is -0.250. The van der Waals surface area contributed by atoms with E-state index in [1.54, 1.807) is 18.2 Å². The first-order valence-electron chi connectivity index (χ1n) is 12.5. The third-order valence-corrected chi connectivity index (χ3v) is 8.66.